The number of rotatable bonds is 2. The van der Waals surface area contributed by atoms with Crippen LogP contribution in [0.5, 0.6) is 5.75 Å². The Bertz CT molecular complexity index is 435. The molecule has 0 aromatic heterocycles. The van der Waals surface area contributed by atoms with Crippen molar-refractivity contribution in [1.82, 2.24) is 5.32 Å². The molecule has 2 aliphatic rings. The molecule has 0 bridgehead atoms. The van der Waals surface area contributed by atoms with Crippen LogP contribution < -0.4 is 15.0 Å². The van der Waals surface area contributed by atoms with Gasteiger partial charge in [0.2, 0.25) is 5.91 Å². The van der Waals surface area contributed by atoms with Crippen molar-refractivity contribution in [1.29, 1.82) is 0 Å². The Morgan fingerprint density at radius 1 is 1.35 bits per heavy atom. The summed E-state index contributed by atoms with van der Waals surface area (Å²) in [6, 6.07) is 7.63. The maximum Gasteiger partial charge on any atom is 0.249 e. The molecule has 4 heteroatoms. The molecule has 0 aliphatic carbocycles. The molecule has 1 aromatic rings. The zero-order chi connectivity index (χ0) is 11.9. The maximum absolute atomic E-state index is 12.2. The fourth-order valence-corrected chi connectivity index (χ4v) is 2.67. The Morgan fingerprint density at radius 3 is 2.65 bits per heavy atom. The number of ether oxygens (including phenoxy) is 1. The predicted molar refractivity (Wildman–Crippen MR) is 65.3 cm³/mol. The van der Waals surface area contributed by atoms with Crippen LogP contribution >= 0.6 is 0 Å². The third-order valence-electron chi connectivity index (χ3n) is 3.71. The topological polar surface area (TPSA) is 41.6 Å². The second-order valence-corrected chi connectivity index (χ2v) is 4.70. The van der Waals surface area contributed by atoms with Crippen LogP contribution in [0, 0.1) is 0 Å². The van der Waals surface area contributed by atoms with Gasteiger partial charge in [0.05, 0.1) is 13.7 Å². The smallest absolute Gasteiger partial charge is 0.249 e. The zero-order valence-corrected chi connectivity index (χ0v) is 9.90. The van der Waals surface area contributed by atoms with Crippen molar-refractivity contribution in [2.45, 2.75) is 18.4 Å². The molecule has 0 saturated carbocycles. The molecule has 4 nitrogen and oxygen atoms in total. The molecule has 1 N–H and O–H groups in total. The standard InChI is InChI=1S/C13H16N2O2/c1-17-11-5-3-10(4-6-11)15-9-13(12(15)16)7-2-8-14-13/h3-6,14H,2,7-9H2,1H3/t13-/m0/s1. The summed E-state index contributed by atoms with van der Waals surface area (Å²) in [5.74, 6) is 1.02. The molecular formula is C13H16N2O2. The minimum atomic E-state index is -0.250. The molecule has 2 heterocycles. The van der Waals surface area contributed by atoms with Gasteiger partial charge in [0.25, 0.3) is 0 Å². The van der Waals surface area contributed by atoms with Crippen molar-refractivity contribution < 1.29 is 9.53 Å². The van der Waals surface area contributed by atoms with Crippen molar-refractivity contribution in [3.8, 4) is 5.75 Å². The zero-order valence-electron chi connectivity index (χ0n) is 9.90. The predicted octanol–water partition coefficient (Wildman–Crippen LogP) is 1.16. The van der Waals surface area contributed by atoms with E-state index in [2.05, 4.69) is 5.32 Å². The van der Waals surface area contributed by atoms with E-state index in [0.29, 0.717) is 0 Å². The molecule has 1 spiro atoms. The fourth-order valence-electron chi connectivity index (χ4n) is 2.67. The normalized spacial score (nSPS) is 27.4. The maximum atomic E-state index is 12.2. The van der Waals surface area contributed by atoms with Gasteiger partial charge in [0.15, 0.2) is 0 Å². The van der Waals surface area contributed by atoms with Crippen molar-refractivity contribution in [3.05, 3.63) is 24.3 Å². The van der Waals surface area contributed by atoms with Gasteiger partial charge in [-0.1, -0.05) is 0 Å². The molecule has 2 saturated heterocycles. The Morgan fingerprint density at radius 2 is 2.12 bits per heavy atom. The average molecular weight is 232 g/mol. The van der Waals surface area contributed by atoms with Gasteiger partial charge >= 0.3 is 0 Å². The molecule has 2 fully saturated rings. The minimum Gasteiger partial charge on any atom is -0.497 e. The number of β-lactam (4-membered cyclic amide) rings is 1. The molecule has 0 unspecified atom stereocenters. The molecule has 3 rings (SSSR count). The van der Waals surface area contributed by atoms with Crippen LogP contribution in [0.3, 0.4) is 0 Å². The number of hydrogen-bond donors (Lipinski definition) is 1. The number of anilines is 1. The SMILES string of the molecule is COc1ccc(N2C[C@@]3(CCCN3)C2=O)cc1. The molecule has 0 radical (unpaired) electrons. The van der Waals surface area contributed by atoms with Gasteiger partial charge in [-0.05, 0) is 43.7 Å². The fraction of sp³-hybridized carbons (Fsp3) is 0.462. The number of amides is 1. The third-order valence-corrected chi connectivity index (χ3v) is 3.71. The number of carbonyl (C=O) groups excluding carboxylic acids is 1. The van der Waals surface area contributed by atoms with E-state index in [-0.39, 0.29) is 11.4 Å². The summed E-state index contributed by atoms with van der Waals surface area (Å²) in [7, 11) is 1.64. The van der Waals surface area contributed by atoms with Gasteiger partial charge < -0.3 is 15.0 Å². The van der Waals surface area contributed by atoms with Gasteiger partial charge in [0.1, 0.15) is 11.3 Å². The van der Waals surface area contributed by atoms with E-state index in [1.807, 2.05) is 29.2 Å². The van der Waals surface area contributed by atoms with E-state index in [1.165, 1.54) is 0 Å². The summed E-state index contributed by atoms with van der Waals surface area (Å²) in [4.78, 5) is 14.0. The molecule has 1 amide bonds. The summed E-state index contributed by atoms with van der Waals surface area (Å²) in [5, 5.41) is 3.33. The summed E-state index contributed by atoms with van der Waals surface area (Å²) in [6.45, 7) is 1.75. The lowest BCUT2D eigenvalue weighted by Crippen LogP contribution is -2.71. The molecule has 17 heavy (non-hydrogen) atoms. The van der Waals surface area contributed by atoms with Crippen molar-refractivity contribution in [2.75, 3.05) is 25.1 Å². The number of carbonyl (C=O) groups is 1. The first-order valence-corrected chi connectivity index (χ1v) is 5.96. The monoisotopic (exact) mass is 232 g/mol. The Kier molecular flexibility index (Phi) is 2.33. The third kappa shape index (κ3) is 1.52. The van der Waals surface area contributed by atoms with Gasteiger partial charge in [-0.15, -0.1) is 0 Å². The van der Waals surface area contributed by atoms with Crippen LogP contribution in [0.1, 0.15) is 12.8 Å². The number of benzene rings is 1. The van der Waals surface area contributed by atoms with Crippen molar-refractivity contribution in [3.63, 3.8) is 0 Å². The van der Waals surface area contributed by atoms with Crippen LogP contribution in [0.25, 0.3) is 0 Å². The highest BCUT2D eigenvalue weighted by Crippen LogP contribution is 2.35. The van der Waals surface area contributed by atoms with E-state index in [9.17, 15) is 4.79 Å². The summed E-state index contributed by atoms with van der Waals surface area (Å²) < 4.78 is 5.10. The molecule has 90 valence electrons. The Hall–Kier alpha value is -1.55. The van der Waals surface area contributed by atoms with Crippen LogP contribution in [0.4, 0.5) is 5.69 Å². The van der Waals surface area contributed by atoms with Crippen LogP contribution in [0.2, 0.25) is 0 Å². The lowest BCUT2D eigenvalue weighted by atomic mass is 9.86. The van der Waals surface area contributed by atoms with E-state index in [1.54, 1.807) is 7.11 Å². The minimum absolute atomic E-state index is 0.208. The lowest BCUT2D eigenvalue weighted by molar-refractivity contribution is -0.129. The van der Waals surface area contributed by atoms with Gasteiger partial charge in [-0.3, -0.25) is 4.79 Å². The first-order valence-electron chi connectivity index (χ1n) is 5.96. The molecule has 1 atom stereocenters. The number of hydrogen-bond acceptors (Lipinski definition) is 3. The van der Waals surface area contributed by atoms with E-state index in [0.717, 1.165) is 37.4 Å². The van der Waals surface area contributed by atoms with Crippen LogP contribution in [-0.2, 0) is 4.79 Å². The van der Waals surface area contributed by atoms with Crippen molar-refractivity contribution >= 4 is 11.6 Å². The van der Waals surface area contributed by atoms with E-state index < -0.39 is 0 Å². The summed E-state index contributed by atoms with van der Waals surface area (Å²) in [6.07, 6.45) is 2.07. The molecule has 1 aromatic carbocycles. The van der Waals surface area contributed by atoms with Crippen LogP contribution in [-0.4, -0.2) is 31.6 Å². The second kappa shape index (κ2) is 3.74. The Balaban J connectivity index is 1.76. The number of nitrogens with one attached hydrogen (secondary N) is 1. The molecular weight excluding hydrogens is 216 g/mol. The first kappa shape index (κ1) is 10.6. The van der Waals surface area contributed by atoms with E-state index >= 15 is 0 Å². The number of nitrogens with zero attached hydrogens (tertiary/aromatic N) is 1. The van der Waals surface area contributed by atoms with Gasteiger partial charge in [-0.25, -0.2) is 0 Å². The second-order valence-electron chi connectivity index (χ2n) is 4.70. The van der Waals surface area contributed by atoms with E-state index in [4.69, 9.17) is 4.74 Å². The van der Waals surface area contributed by atoms with Crippen molar-refractivity contribution in [2.24, 2.45) is 0 Å². The number of methoxy groups -OCH3 is 1. The Labute approximate surface area is 101 Å². The summed E-state index contributed by atoms with van der Waals surface area (Å²) >= 11 is 0. The highest BCUT2D eigenvalue weighted by atomic mass is 16.5. The van der Waals surface area contributed by atoms with Crippen LogP contribution in [0.15, 0.2) is 24.3 Å². The quantitative estimate of drug-likeness (QED) is 0.778. The largest absolute Gasteiger partial charge is 0.497 e. The molecule has 2 aliphatic heterocycles. The van der Waals surface area contributed by atoms with Gasteiger partial charge in [-0.2, -0.15) is 0 Å². The average Bonchev–Trinajstić information content (AvgIpc) is 2.87. The summed E-state index contributed by atoms with van der Waals surface area (Å²) in [5.41, 5.74) is 0.704. The lowest BCUT2D eigenvalue weighted by Gasteiger charge is -2.46. The highest BCUT2D eigenvalue weighted by Gasteiger charge is 2.53. The van der Waals surface area contributed by atoms with Gasteiger partial charge in [0, 0.05) is 5.69 Å². The first-order chi connectivity index (χ1) is 8.25. The highest BCUT2D eigenvalue weighted by molar-refractivity contribution is 6.07.